The number of rotatable bonds is 3. The van der Waals surface area contributed by atoms with Gasteiger partial charge in [-0.1, -0.05) is 12.1 Å². The van der Waals surface area contributed by atoms with Crippen LogP contribution in [0, 0.1) is 13.8 Å². The summed E-state index contributed by atoms with van der Waals surface area (Å²) in [4.78, 5) is 27.7. The van der Waals surface area contributed by atoms with Crippen LogP contribution in [-0.2, 0) is 9.59 Å². The van der Waals surface area contributed by atoms with Crippen molar-refractivity contribution in [3.63, 3.8) is 0 Å². The summed E-state index contributed by atoms with van der Waals surface area (Å²) in [6.07, 6.45) is 1.63. The second-order valence-electron chi connectivity index (χ2n) is 6.40. The Morgan fingerprint density at radius 3 is 2.22 bits per heavy atom. The van der Waals surface area contributed by atoms with Crippen LogP contribution in [0.4, 0.5) is 0 Å². The van der Waals surface area contributed by atoms with Crippen LogP contribution in [0.25, 0.3) is 11.8 Å². The van der Waals surface area contributed by atoms with Gasteiger partial charge in [-0.05, 0) is 55.9 Å². The summed E-state index contributed by atoms with van der Waals surface area (Å²) in [5.41, 5.74) is 3.66. The normalized spacial score (nSPS) is 14.9. The minimum absolute atomic E-state index is 0.0916. The number of para-hydroxylation sites is 2. The Hall–Kier alpha value is -2.93. The maximum absolute atomic E-state index is 12.6. The fourth-order valence-electron chi connectivity index (χ4n) is 3.25. The molecule has 1 saturated heterocycles. The topological polar surface area (TPSA) is 54.8 Å². The molecule has 0 bridgehead atoms. The average molecular weight is 383 g/mol. The number of aryl methyl sites for hydroxylation is 1. The van der Waals surface area contributed by atoms with Gasteiger partial charge in [0.2, 0.25) is 0 Å². The van der Waals surface area contributed by atoms with E-state index in [2.05, 4.69) is 0 Å². The van der Waals surface area contributed by atoms with Crippen molar-refractivity contribution in [1.82, 2.24) is 14.4 Å². The van der Waals surface area contributed by atoms with Crippen LogP contribution >= 0.6 is 12.2 Å². The van der Waals surface area contributed by atoms with E-state index in [9.17, 15) is 9.59 Å². The molecule has 0 saturated carbocycles. The van der Waals surface area contributed by atoms with Crippen LogP contribution in [0.3, 0.4) is 0 Å². The summed E-state index contributed by atoms with van der Waals surface area (Å²) >= 11 is 5.13. The molecule has 0 N–H and O–H groups in total. The third-order valence-electron chi connectivity index (χ3n) is 4.74. The molecule has 1 aromatic heterocycles. The molecular weight excluding hydrogens is 362 g/mol. The SMILES string of the molecule is COc1ccccc1-n1c(C)cc(C=C2C(=O)N(C)C(=S)N(C)C2=O)c1C. The Balaban J connectivity index is 2.12. The zero-order valence-electron chi connectivity index (χ0n) is 15.9. The van der Waals surface area contributed by atoms with Gasteiger partial charge in [-0.15, -0.1) is 0 Å². The molecule has 0 unspecified atom stereocenters. The monoisotopic (exact) mass is 383 g/mol. The Morgan fingerprint density at radius 1 is 1.04 bits per heavy atom. The second-order valence-corrected chi connectivity index (χ2v) is 6.77. The summed E-state index contributed by atoms with van der Waals surface area (Å²) in [5, 5.41) is 0.196. The fourth-order valence-corrected chi connectivity index (χ4v) is 3.42. The largest absolute Gasteiger partial charge is 0.495 e. The van der Waals surface area contributed by atoms with Crippen molar-refractivity contribution in [1.29, 1.82) is 0 Å². The summed E-state index contributed by atoms with van der Waals surface area (Å²) in [6.45, 7) is 3.92. The zero-order chi connectivity index (χ0) is 19.9. The molecule has 1 aromatic carbocycles. The number of nitrogens with zero attached hydrogens (tertiary/aromatic N) is 3. The highest BCUT2D eigenvalue weighted by molar-refractivity contribution is 7.80. The quantitative estimate of drug-likeness (QED) is 0.465. The lowest BCUT2D eigenvalue weighted by molar-refractivity contribution is -0.132. The Labute approximate surface area is 163 Å². The first-order chi connectivity index (χ1) is 12.8. The molecule has 0 aliphatic carbocycles. The van der Waals surface area contributed by atoms with Gasteiger partial charge in [-0.2, -0.15) is 0 Å². The van der Waals surface area contributed by atoms with Crippen molar-refractivity contribution in [2.75, 3.05) is 21.2 Å². The van der Waals surface area contributed by atoms with Gasteiger partial charge < -0.3 is 9.30 Å². The number of carbonyl (C=O) groups is 2. The van der Waals surface area contributed by atoms with Crippen LogP contribution < -0.4 is 4.74 Å². The summed E-state index contributed by atoms with van der Waals surface area (Å²) in [5.74, 6) is -0.0523. The van der Waals surface area contributed by atoms with Gasteiger partial charge in [-0.25, -0.2) is 0 Å². The van der Waals surface area contributed by atoms with Crippen LogP contribution in [0.15, 0.2) is 35.9 Å². The number of aromatic nitrogens is 1. The number of thiocarbonyl (C=S) groups is 1. The number of hydrogen-bond donors (Lipinski definition) is 0. The maximum Gasteiger partial charge on any atom is 0.265 e. The molecule has 0 spiro atoms. The minimum atomic E-state index is -0.398. The number of carbonyl (C=O) groups excluding carboxylic acids is 2. The molecule has 6 nitrogen and oxygen atoms in total. The van der Waals surface area contributed by atoms with Crippen molar-refractivity contribution in [2.24, 2.45) is 0 Å². The lowest BCUT2D eigenvalue weighted by Gasteiger charge is -2.31. The first-order valence-corrected chi connectivity index (χ1v) is 8.82. The lowest BCUT2D eigenvalue weighted by atomic mass is 10.1. The van der Waals surface area contributed by atoms with E-state index in [0.29, 0.717) is 0 Å². The standard InChI is InChI=1S/C20H21N3O3S/c1-12-10-14(11-15-18(24)21(3)20(27)22(4)19(15)25)13(2)23(12)16-8-6-7-9-17(16)26-5/h6-11H,1-5H3. The van der Waals surface area contributed by atoms with Crippen LogP contribution in [0.5, 0.6) is 5.75 Å². The van der Waals surface area contributed by atoms with E-state index in [0.717, 1.165) is 28.4 Å². The van der Waals surface area contributed by atoms with E-state index in [1.54, 1.807) is 27.3 Å². The second kappa shape index (κ2) is 7.00. The number of benzene rings is 1. The highest BCUT2D eigenvalue weighted by atomic mass is 32.1. The average Bonchev–Trinajstić information content (AvgIpc) is 2.95. The number of likely N-dealkylation sites (N-methyl/N-ethyl adjacent to an activating group) is 2. The molecule has 1 aliphatic heterocycles. The van der Waals surface area contributed by atoms with Crippen molar-refractivity contribution in [3.8, 4) is 11.4 Å². The Morgan fingerprint density at radius 2 is 1.63 bits per heavy atom. The molecular formula is C20H21N3O3S. The maximum atomic E-state index is 12.6. The first kappa shape index (κ1) is 18.8. The van der Waals surface area contributed by atoms with Crippen molar-refractivity contribution in [2.45, 2.75) is 13.8 Å². The van der Waals surface area contributed by atoms with Crippen LogP contribution in [-0.4, -0.2) is 52.5 Å². The molecule has 3 rings (SSSR count). The Bertz CT molecular complexity index is 964. The van der Waals surface area contributed by atoms with Gasteiger partial charge in [0.05, 0.1) is 12.8 Å². The molecule has 2 heterocycles. The summed E-state index contributed by atoms with van der Waals surface area (Å²) in [7, 11) is 4.77. The molecule has 2 aromatic rings. The molecule has 0 atom stereocenters. The number of methoxy groups -OCH3 is 1. The van der Waals surface area contributed by atoms with E-state index in [1.165, 1.54) is 9.80 Å². The van der Waals surface area contributed by atoms with Crippen LogP contribution in [0.2, 0.25) is 0 Å². The van der Waals surface area contributed by atoms with Gasteiger partial charge in [0.15, 0.2) is 5.11 Å². The first-order valence-electron chi connectivity index (χ1n) is 8.42. The van der Waals surface area contributed by atoms with Crippen molar-refractivity contribution in [3.05, 3.63) is 52.9 Å². The van der Waals surface area contributed by atoms with Gasteiger partial charge in [0.25, 0.3) is 11.8 Å². The highest BCUT2D eigenvalue weighted by Crippen LogP contribution is 2.29. The molecule has 27 heavy (non-hydrogen) atoms. The highest BCUT2D eigenvalue weighted by Gasteiger charge is 2.35. The van der Waals surface area contributed by atoms with Crippen molar-refractivity contribution >= 4 is 35.2 Å². The lowest BCUT2D eigenvalue weighted by Crippen LogP contribution is -2.52. The zero-order valence-corrected chi connectivity index (χ0v) is 16.8. The molecule has 140 valence electrons. The molecule has 0 radical (unpaired) electrons. The van der Waals surface area contributed by atoms with E-state index >= 15 is 0 Å². The van der Waals surface area contributed by atoms with Gasteiger partial charge in [-0.3, -0.25) is 19.4 Å². The molecule has 1 aliphatic rings. The van der Waals surface area contributed by atoms with Crippen LogP contribution in [0.1, 0.15) is 17.0 Å². The smallest absolute Gasteiger partial charge is 0.265 e. The van der Waals surface area contributed by atoms with Gasteiger partial charge >= 0.3 is 0 Å². The molecule has 2 amide bonds. The van der Waals surface area contributed by atoms with Gasteiger partial charge in [0, 0.05) is 25.5 Å². The predicted molar refractivity (Wildman–Crippen MR) is 108 cm³/mol. The minimum Gasteiger partial charge on any atom is -0.495 e. The van der Waals surface area contributed by atoms with E-state index in [1.807, 2.05) is 48.7 Å². The summed E-state index contributed by atoms with van der Waals surface area (Å²) < 4.78 is 7.51. The molecule has 1 fully saturated rings. The number of ether oxygens (including phenoxy) is 1. The molecule has 7 heteroatoms. The van der Waals surface area contributed by atoms with E-state index in [4.69, 9.17) is 17.0 Å². The number of hydrogen-bond acceptors (Lipinski definition) is 4. The third-order valence-corrected chi connectivity index (χ3v) is 5.29. The van der Waals surface area contributed by atoms with E-state index < -0.39 is 11.8 Å². The predicted octanol–water partition coefficient (Wildman–Crippen LogP) is 2.70. The number of amides is 2. The summed E-state index contributed by atoms with van der Waals surface area (Å²) in [6, 6.07) is 9.65. The third kappa shape index (κ3) is 3.04. The van der Waals surface area contributed by atoms with Crippen molar-refractivity contribution < 1.29 is 14.3 Å². The van der Waals surface area contributed by atoms with E-state index in [-0.39, 0.29) is 10.7 Å². The van der Waals surface area contributed by atoms with Gasteiger partial charge in [0.1, 0.15) is 11.3 Å². The Kier molecular flexibility index (Phi) is 4.89. The fraction of sp³-hybridized carbons (Fsp3) is 0.250.